The fraction of sp³-hybridized carbons (Fsp3) is 0.700. The number of rotatable bonds is 4. The highest BCUT2D eigenvalue weighted by Crippen LogP contribution is 2.63. The van der Waals surface area contributed by atoms with E-state index in [0.717, 1.165) is 45.4 Å². The molecule has 130 valence electrons. The average Bonchev–Trinajstić information content (AvgIpc) is 2.98. The first-order valence-electron chi connectivity index (χ1n) is 9.62. The number of hydrogen-bond donors (Lipinski definition) is 1. The van der Waals surface area contributed by atoms with Gasteiger partial charge in [0.1, 0.15) is 0 Å². The number of nitrogens with one attached hydrogen (secondary N) is 1. The third-order valence-electron chi connectivity index (χ3n) is 6.80. The van der Waals surface area contributed by atoms with E-state index in [9.17, 15) is 0 Å². The van der Waals surface area contributed by atoms with Crippen LogP contribution in [0.15, 0.2) is 24.3 Å². The summed E-state index contributed by atoms with van der Waals surface area (Å²) in [5.74, 6) is 0.730. The maximum absolute atomic E-state index is 6.04. The Kier molecular flexibility index (Phi) is 3.80. The zero-order valence-corrected chi connectivity index (χ0v) is 14.4. The van der Waals surface area contributed by atoms with Crippen molar-refractivity contribution < 1.29 is 9.47 Å². The highest BCUT2D eigenvalue weighted by atomic mass is 16.5. The van der Waals surface area contributed by atoms with Crippen molar-refractivity contribution >= 4 is 5.69 Å². The normalized spacial score (nSPS) is 34.4. The molecule has 4 nitrogen and oxygen atoms in total. The van der Waals surface area contributed by atoms with Crippen LogP contribution in [0.5, 0.6) is 0 Å². The molecule has 3 atom stereocenters. The standard InChI is InChI=1S/C20H28N2O2/c1-3-15(14-22-8-11-23-12-9-22)13-16(4-1)21-18-17-5-10-24-19(17)20(18)6-2-7-20/h1,3-4,13,17-19,21H,2,5-12,14H2/t17-,18+,19-/m0/s1. The van der Waals surface area contributed by atoms with Gasteiger partial charge in [0.2, 0.25) is 0 Å². The zero-order chi connectivity index (χ0) is 16.0. The van der Waals surface area contributed by atoms with E-state index in [1.807, 2.05) is 0 Å². The molecule has 1 aromatic carbocycles. The predicted molar refractivity (Wildman–Crippen MR) is 94.1 cm³/mol. The van der Waals surface area contributed by atoms with Crippen molar-refractivity contribution in [2.24, 2.45) is 11.3 Å². The first kappa shape index (κ1) is 15.2. The van der Waals surface area contributed by atoms with Crippen LogP contribution in [-0.2, 0) is 16.0 Å². The highest BCUT2D eigenvalue weighted by molar-refractivity contribution is 5.49. The highest BCUT2D eigenvalue weighted by Gasteiger charge is 2.66. The molecule has 4 aliphatic rings. The lowest BCUT2D eigenvalue weighted by molar-refractivity contribution is -0.158. The van der Waals surface area contributed by atoms with Gasteiger partial charge in [0.25, 0.3) is 0 Å². The second-order valence-electron chi connectivity index (χ2n) is 8.04. The molecule has 4 heteroatoms. The molecule has 24 heavy (non-hydrogen) atoms. The minimum Gasteiger partial charge on any atom is -0.381 e. The van der Waals surface area contributed by atoms with Crippen molar-refractivity contribution in [1.82, 2.24) is 4.90 Å². The summed E-state index contributed by atoms with van der Waals surface area (Å²) < 4.78 is 11.5. The summed E-state index contributed by atoms with van der Waals surface area (Å²) in [4.78, 5) is 2.49. The molecule has 1 N–H and O–H groups in total. The quantitative estimate of drug-likeness (QED) is 0.921. The first-order valence-corrected chi connectivity index (χ1v) is 9.62. The molecular weight excluding hydrogens is 300 g/mol. The van der Waals surface area contributed by atoms with Gasteiger partial charge in [-0.25, -0.2) is 0 Å². The van der Waals surface area contributed by atoms with Gasteiger partial charge in [-0.2, -0.15) is 0 Å². The fourth-order valence-corrected chi connectivity index (χ4v) is 5.41. The predicted octanol–water partition coefficient (Wildman–Crippen LogP) is 2.89. The van der Waals surface area contributed by atoms with Crippen LogP contribution in [0.1, 0.15) is 31.2 Å². The van der Waals surface area contributed by atoms with Crippen LogP contribution >= 0.6 is 0 Å². The summed E-state index contributed by atoms with van der Waals surface area (Å²) >= 11 is 0. The zero-order valence-electron chi connectivity index (χ0n) is 14.4. The summed E-state index contributed by atoms with van der Waals surface area (Å²) in [7, 11) is 0. The van der Waals surface area contributed by atoms with E-state index in [1.165, 1.54) is 36.9 Å². The summed E-state index contributed by atoms with van der Waals surface area (Å²) in [6.45, 7) is 5.82. The summed E-state index contributed by atoms with van der Waals surface area (Å²) in [5.41, 5.74) is 3.15. The Morgan fingerprint density at radius 1 is 1.17 bits per heavy atom. The molecule has 2 saturated carbocycles. The van der Waals surface area contributed by atoms with Crippen molar-refractivity contribution in [3.63, 3.8) is 0 Å². The number of benzene rings is 1. The van der Waals surface area contributed by atoms with Crippen LogP contribution in [0.4, 0.5) is 5.69 Å². The molecule has 2 heterocycles. The number of nitrogens with zero attached hydrogens (tertiary/aromatic N) is 1. The number of anilines is 1. The van der Waals surface area contributed by atoms with Crippen molar-refractivity contribution in [2.45, 2.75) is 44.4 Å². The molecule has 1 aromatic rings. The van der Waals surface area contributed by atoms with E-state index in [1.54, 1.807) is 0 Å². The Morgan fingerprint density at radius 3 is 2.83 bits per heavy atom. The molecule has 2 saturated heterocycles. The third-order valence-corrected chi connectivity index (χ3v) is 6.80. The molecule has 5 rings (SSSR count). The number of fused-ring (bicyclic) bond motifs is 2. The average molecular weight is 328 g/mol. The lowest BCUT2D eigenvalue weighted by Gasteiger charge is -2.63. The van der Waals surface area contributed by atoms with Gasteiger partial charge in [0.15, 0.2) is 0 Å². The smallest absolute Gasteiger partial charge is 0.0699 e. The lowest BCUT2D eigenvalue weighted by Crippen LogP contribution is -2.68. The van der Waals surface area contributed by atoms with Gasteiger partial charge in [-0.15, -0.1) is 0 Å². The molecule has 0 aromatic heterocycles. The van der Waals surface area contributed by atoms with E-state index in [4.69, 9.17) is 9.47 Å². The molecule has 0 unspecified atom stereocenters. The van der Waals surface area contributed by atoms with Gasteiger partial charge in [0.05, 0.1) is 19.3 Å². The molecule has 0 radical (unpaired) electrons. The van der Waals surface area contributed by atoms with Crippen LogP contribution in [0, 0.1) is 11.3 Å². The van der Waals surface area contributed by atoms with Gasteiger partial charge >= 0.3 is 0 Å². The van der Waals surface area contributed by atoms with E-state index in [0.29, 0.717) is 17.6 Å². The van der Waals surface area contributed by atoms with Gasteiger partial charge in [-0.05, 0) is 37.0 Å². The number of morpholine rings is 1. The van der Waals surface area contributed by atoms with Crippen molar-refractivity contribution in [3.8, 4) is 0 Å². The first-order chi connectivity index (χ1) is 11.9. The second kappa shape index (κ2) is 6.01. The van der Waals surface area contributed by atoms with Gasteiger partial charge in [0, 0.05) is 49.3 Å². The molecule has 0 bridgehead atoms. The molecule has 1 spiro atoms. The fourth-order valence-electron chi connectivity index (χ4n) is 5.41. The molecule has 4 fully saturated rings. The Bertz CT molecular complexity index is 595. The van der Waals surface area contributed by atoms with Crippen molar-refractivity contribution in [3.05, 3.63) is 29.8 Å². The van der Waals surface area contributed by atoms with E-state index in [-0.39, 0.29) is 0 Å². The Hall–Kier alpha value is -1.10. The summed E-state index contributed by atoms with van der Waals surface area (Å²) in [5, 5.41) is 3.90. The maximum atomic E-state index is 6.04. The van der Waals surface area contributed by atoms with Crippen LogP contribution in [-0.4, -0.2) is 50.0 Å². The molecular formula is C20H28N2O2. The van der Waals surface area contributed by atoms with Crippen molar-refractivity contribution in [1.29, 1.82) is 0 Å². The van der Waals surface area contributed by atoms with Crippen LogP contribution in [0.2, 0.25) is 0 Å². The van der Waals surface area contributed by atoms with Crippen molar-refractivity contribution in [2.75, 3.05) is 38.2 Å². The van der Waals surface area contributed by atoms with E-state index < -0.39 is 0 Å². The minimum atomic E-state index is 0.446. The SMILES string of the molecule is c1cc(CN2CCOCC2)cc(N[C@@H]2[C@@H]3CCO[C@@H]3C23CCC3)c1. The van der Waals surface area contributed by atoms with Crippen LogP contribution < -0.4 is 5.32 Å². The monoisotopic (exact) mass is 328 g/mol. The van der Waals surface area contributed by atoms with E-state index in [2.05, 4.69) is 34.5 Å². The Labute approximate surface area is 144 Å². The van der Waals surface area contributed by atoms with E-state index >= 15 is 0 Å². The molecule has 2 aliphatic heterocycles. The second-order valence-corrected chi connectivity index (χ2v) is 8.04. The van der Waals surface area contributed by atoms with Gasteiger partial charge < -0.3 is 14.8 Å². The number of ether oxygens (including phenoxy) is 2. The molecule has 2 aliphatic carbocycles. The lowest BCUT2D eigenvalue weighted by atomic mass is 9.46. The maximum Gasteiger partial charge on any atom is 0.0699 e. The summed E-state index contributed by atoms with van der Waals surface area (Å²) in [6.07, 6.45) is 5.85. The van der Waals surface area contributed by atoms with Gasteiger partial charge in [-0.3, -0.25) is 4.90 Å². The van der Waals surface area contributed by atoms with Gasteiger partial charge in [-0.1, -0.05) is 18.6 Å². The Morgan fingerprint density at radius 2 is 2.04 bits per heavy atom. The van der Waals surface area contributed by atoms with Crippen LogP contribution in [0.25, 0.3) is 0 Å². The Balaban J connectivity index is 1.28. The largest absolute Gasteiger partial charge is 0.381 e. The van der Waals surface area contributed by atoms with Crippen LogP contribution in [0.3, 0.4) is 0 Å². The topological polar surface area (TPSA) is 33.7 Å². The third kappa shape index (κ3) is 2.39. The minimum absolute atomic E-state index is 0.446. The number of hydrogen-bond acceptors (Lipinski definition) is 4. The summed E-state index contributed by atoms with van der Waals surface area (Å²) in [6, 6.07) is 9.66. The molecule has 0 amide bonds.